The first-order valence-corrected chi connectivity index (χ1v) is 9.11. The van der Waals surface area contributed by atoms with Gasteiger partial charge in [0.15, 0.2) is 5.82 Å². The summed E-state index contributed by atoms with van der Waals surface area (Å²) in [5.74, 6) is 2.67. The fraction of sp³-hybridized carbons (Fsp3) is 0.474. The summed E-state index contributed by atoms with van der Waals surface area (Å²) >= 11 is 0. The van der Waals surface area contributed by atoms with E-state index >= 15 is 0 Å². The molecule has 7 nitrogen and oxygen atoms in total. The third-order valence-corrected chi connectivity index (χ3v) is 4.65. The molecule has 1 aliphatic rings. The van der Waals surface area contributed by atoms with Crippen molar-refractivity contribution in [2.45, 2.75) is 58.0 Å². The number of rotatable bonds is 6. The summed E-state index contributed by atoms with van der Waals surface area (Å²) in [4.78, 5) is 21.7. The van der Waals surface area contributed by atoms with Crippen LogP contribution in [0.2, 0.25) is 0 Å². The highest BCUT2D eigenvalue weighted by Crippen LogP contribution is 2.38. The largest absolute Gasteiger partial charge is 0.343 e. The second kappa shape index (κ2) is 6.55. The Bertz CT molecular complexity index is 938. The lowest BCUT2D eigenvalue weighted by molar-refractivity contribution is -0.122. The van der Waals surface area contributed by atoms with E-state index in [4.69, 9.17) is 4.52 Å². The fourth-order valence-electron chi connectivity index (χ4n) is 3.12. The van der Waals surface area contributed by atoms with E-state index in [2.05, 4.69) is 34.3 Å². The molecule has 7 heteroatoms. The van der Waals surface area contributed by atoms with Crippen LogP contribution in [-0.4, -0.2) is 25.6 Å². The predicted octanol–water partition coefficient (Wildman–Crippen LogP) is 3.30. The van der Waals surface area contributed by atoms with Gasteiger partial charge in [-0.15, -0.1) is 0 Å². The highest BCUT2D eigenvalue weighted by molar-refractivity contribution is 5.81. The van der Waals surface area contributed by atoms with Crippen molar-refractivity contribution in [3.63, 3.8) is 0 Å². The summed E-state index contributed by atoms with van der Waals surface area (Å²) in [5, 5.41) is 6.96. The summed E-state index contributed by atoms with van der Waals surface area (Å²) in [7, 11) is 0. The number of hydrogen-bond donors (Lipinski definition) is 1. The number of fused-ring (bicyclic) bond motifs is 1. The number of benzene rings is 1. The Morgan fingerprint density at radius 3 is 2.77 bits per heavy atom. The van der Waals surface area contributed by atoms with Crippen LogP contribution >= 0.6 is 0 Å². The molecule has 0 aliphatic heterocycles. The van der Waals surface area contributed by atoms with Crippen LogP contribution in [0.5, 0.6) is 0 Å². The summed E-state index contributed by atoms with van der Waals surface area (Å²) in [6.45, 7) is 6.23. The number of carbonyl (C=O) groups is 1. The van der Waals surface area contributed by atoms with Crippen molar-refractivity contribution >= 4 is 16.9 Å². The summed E-state index contributed by atoms with van der Waals surface area (Å²) in [6.07, 6.45) is 2.23. The molecule has 1 amide bonds. The van der Waals surface area contributed by atoms with Gasteiger partial charge in [0.25, 0.3) is 0 Å². The van der Waals surface area contributed by atoms with E-state index in [0.717, 1.165) is 35.5 Å². The van der Waals surface area contributed by atoms with Crippen molar-refractivity contribution in [3.05, 3.63) is 41.8 Å². The molecule has 1 aliphatic carbocycles. The highest BCUT2D eigenvalue weighted by atomic mass is 16.5. The van der Waals surface area contributed by atoms with Crippen molar-refractivity contribution < 1.29 is 9.32 Å². The van der Waals surface area contributed by atoms with Gasteiger partial charge in [-0.05, 0) is 31.9 Å². The van der Waals surface area contributed by atoms with Gasteiger partial charge in [-0.25, -0.2) is 4.98 Å². The van der Waals surface area contributed by atoms with Gasteiger partial charge in [0.1, 0.15) is 18.4 Å². The molecule has 0 bridgehead atoms. The number of nitrogens with one attached hydrogen (secondary N) is 1. The lowest BCUT2D eigenvalue weighted by atomic mass is 10.2. The van der Waals surface area contributed by atoms with Crippen molar-refractivity contribution in [3.8, 4) is 0 Å². The lowest BCUT2D eigenvalue weighted by Crippen LogP contribution is -2.31. The Morgan fingerprint density at radius 2 is 2.04 bits per heavy atom. The summed E-state index contributed by atoms with van der Waals surface area (Å²) in [5.41, 5.74) is 1.87. The molecule has 1 fully saturated rings. The monoisotopic (exact) mass is 353 g/mol. The maximum atomic E-state index is 12.6. The minimum Gasteiger partial charge on any atom is -0.343 e. The van der Waals surface area contributed by atoms with Crippen LogP contribution in [-0.2, 0) is 11.3 Å². The first-order valence-electron chi connectivity index (χ1n) is 9.11. The van der Waals surface area contributed by atoms with Gasteiger partial charge in [-0.2, -0.15) is 4.98 Å². The Balaban J connectivity index is 1.50. The van der Waals surface area contributed by atoms with Crippen LogP contribution in [0.3, 0.4) is 0 Å². The van der Waals surface area contributed by atoms with Crippen LogP contribution in [0.15, 0.2) is 28.8 Å². The van der Waals surface area contributed by atoms with Gasteiger partial charge in [0.05, 0.1) is 11.0 Å². The van der Waals surface area contributed by atoms with E-state index < -0.39 is 0 Å². The normalized spacial score (nSPS) is 15.5. The first-order chi connectivity index (χ1) is 12.5. The van der Waals surface area contributed by atoms with Gasteiger partial charge in [-0.3, -0.25) is 4.79 Å². The number of hydrogen-bond acceptors (Lipinski definition) is 5. The third kappa shape index (κ3) is 3.21. The smallest absolute Gasteiger partial charge is 0.248 e. The topological polar surface area (TPSA) is 85.8 Å². The first kappa shape index (κ1) is 16.8. The van der Waals surface area contributed by atoms with Gasteiger partial charge in [0, 0.05) is 11.8 Å². The molecule has 1 saturated carbocycles. The van der Waals surface area contributed by atoms with E-state index in [0.29, 0.717) is 11.8 Å². The SMILES string of the molecule is CC(C)c1nc2ccccc2n1CC(=O)NC(C)c1nc(C2CC2)no1. The maximum Gasteiger partial charge on any atom is 0.248 e. The molecular weight excluding hydrogens is 330 g/mol. The Kier molecular flexibility index (Phi) is 4.22. The second-order valence-corrected chi connectivity index (χ2v) is 7.25. The zero-order chi connectivity index (χ0) is 18.3. The van der Waals surface area contributed by atoms with E-state index in [9.17, 15) is 4.79 Å². The van der Waals surface area contributed by atoms with Crippen molar-refractivity contribution in [2.75, 3.05) is 0 Å². The molecule has 0 radical (unpaired) electrons. The fourth-order valence-corrected chi connectivity index (χ4v) is 3.12. The van der Waals surface area contributed by atoms with E-state index in [1.807, 2.05) is 35.8 Å². The third-order valence-electron chi connectivity index (χ3n) is 4.65. The van der Waals surface area contributed by atoms with Crippen LogP contribution in [0.4, 0.5) is 0 Å². The second-order valence-electron chi connectivity index (χ2n) is 7.25. The van der Waals surface area contributed by atoms with E-state index in [1.54, 1.807) is 0 Å². The predicted molar refractivity (Wildman–Crippen MR) is 96.7 cm³/mol. The van der Waals surface area contributed by atoms with Crippen LogP contribution in [0, 0.1) is 0 Å². The minimum atomic E-state index is -0.320. The molecule has 0 spiro atoms. The molecule has 4 rings (SSSR count). The molecule has 0 saturated heterocycles. The molecule has 1 N–H and O–H groups in total. The van der Waals surface area contributed by atoms with Gasteiger partial charge in [-0.1, -0.05) is 31.1 Å². The molecule has 2 heterocycles. The van der Waals surface area contributed by atoms with Gasteiger partial charge in [0.2, 0.25) is 11.8 Å². The standard InChI is InChI=1S/C19H23N5O2/c1-11(2)18-21-14-6-4-5-7-15(14)24(18)10-16(25)20-12(3)19-22-17(23-26-19)13-8-9-13/h4-7,11-13H,8-10H2,1-3H3,(H,20,25). The molecule has 2 aromatic heterocycles. The Labute approximate surface area is 151 Å². The number of imidazole rings is 1. The minimum absolute atomic E-state index is 0.103. The summed E-state index contributed by atoms with van der Waals surface area (Å²) in [6, 6.07) is 7.56. The maximum absolute atomic E-state index is 12.6. The van der Waals surface area contributed by atoms with Crippen LogP contribution < -0.4 is 5.32 Å². The van der Waals surface area contributed by atoms with Gasteiger partial charge < -0.3 is 14.4 Å². The van der Waals surface area contributed by atoms with Crippen LogP contribution in [0.1, 0.15) is 69.0 Å². The molecular formula is C19H23N5O2. The molecule has 1 unspecified atom stereocenters. The number of aromatic nitrogens is 4. The molecule has 136 valence electrons. The number of carbonyl (C=O) groups excluding carboxylic acids is 1. The van der Waals surface area contributed by atoms with Crippen molar-refractivity contribution in [1.29, 1.82) is 0 Å². The lowest BCUT2D eigenvalue weighted by Gasteiger charge is -2.13. The number of amides is 1. The summed E-state index contributed by atoms with van der Waals surface area (Å²) < 4.78 is 7.28. The zero-order valence-corrected chi connectivity index (χ0v) is 15.3. The van der Waals surface area contributed by atoms with E-state index in [-0.39, 0.29) is 24.4 Å². The quantitative estimate of drug-likeness (QED) is 0.735. The number of para-hydroxylation sites is 2. The van der Waals surface area contributed by atoms with Gasteiger partial charge >= 0.3 is 0 Å². The average molecular weight is 353 g/mol. The van der Waals surface area contributed by atoms with Crippen LogP contribution in [0.25, 0.3) is 11.0 Å². The van der Waals surface area contributed by atoms with E-state index in [1.165, 1.54) is 0 Å². The van der Waals surface area contributed by atoms with Crippen molar-refractivity contribution in [2.24, 2.45) is 0 Å². The Hall–Kier alpha value is -2.70. The Morgan fingerprint density at radius 1 is 1.27 bits per heavy atom. The average Bonchev–Trinajstić information content (AvgIpc) is 3.22. The highest BCUT2D eigenvalue weighted by Gasteiger charge is 2.30. The van der Waals surface area contributed by atoms with Crippen molar-refractivity contribution in [1.82, 2.24) is 25.0 Å². The zero-order valence-electron chi connectivity index (χ0n) is 15.3. The number of nitrogens with zero attached hydrogens (tertiary/aromatic N) is 4. The molecule has 26 heavy (non-hydrogen) atoms. The molecule has 1 aromatic carbocycles. The molecule has 1 atom stereocenters. The molecule has 3 aromatic rings.